The second-order valence-electron chi connectivity index (χ2n) is 3.62. The lowest BCUT2D eigenvalue weighted by Crippen LogP contribution is -2.33. The first-order valence-corrected chi connectivity index (χ1v) is 5.10. The molecule has 1 rings (SSSR count). The van der Waals surface area contributed by atoms with Gasteiger partial charge in [-0.15, -0.1) is 0 Å². The Labute approximate surface area is 85.1 Å². The summed E-state index contributed by atoms with van der Waals surface area (Å²) in [5.41, 5.74) is 0. The molecule has 80 valence electrons. The van der Waals surface area contributed by atoms with Crippen molar-refractivity contribution in [2.24, 2.45) is 0 Å². The van der Waals surface area contributed by atoms with Crippen LogP contribution in [0.25, 0.3) is 0 Å². The monoisotopic (exact) mass is 197 g/mol. The van der Waals surface area contributed by atoms with Crippen molar-refractivity contribution in [2.45, 2.75) is 39.3 Å². The Morgan fingerprint density at radius 1 is 1.50 bits per heavy atom. The Morgan fingerprint density at radius 3 is 2.64 bits per heavy atom. The molecule has 0 radical (unpaired) electrons. The van der Waals surface area contributed by atoms with Gasteiger partial charge in [-0.25, -0.2) is 0 Å². The third-order valence-corrected chi connectivity index (χ3v) is 2.39. The van der Waals surface area contributed by atoms with Crippen LogP contribution in [0.4, 0.5) is 0 Å². The molecule has 0 aliphatic carbocycles. The van der Waals surface area contributed by atoms with Gasteiger partial charge >= 0.3 is 0 Å². The summed E-state index contributed by atoms with van der Waals surface area (Å²) < 4.78 is 5.49. The Balaban J connectivity index is 2.53. The lowest BCUT2D eigenvalue weighted by molar-refractivity contribution is 0.225. The van der Waals surface area contributed by atoms with Crippen molar-refractivity contribution < 1.29 is 9.52 Å². The third kappa shape index (κ3) is 2.86. The van der Waals surface area contributed by atoms with Gasteiger partial charge in [-0.1, -0.05) is 6.92 Å². The molecular formula is C11H19NO2. The van der Waals surface area contributed by atoms with Crippen LogP contribution < -0.4 is 5.32 Å². The van der Waals surface area contributed by atoms with Crippen molar-refractivity contribution in [3.8, 4) is 0 Å². The normalized spacial score (nSPS) is 15.4. The van der Waals surface area contributed by atoms with E-state index in [1.807, 2.05) is 32.9 Å². The van der Waals surface area contributed by atoms with Crippen LogP contribution in [-0.4, -0.2) is 17.8 Å². The van der Waals surface area contributed by atoms with Gasteiger partial charge in [0.05, 0.1) is 12.6 Å². The van der Waals surface area contributed by atoms with Crippen LogP contribution in [-0.2, 0) is 0 Å². The minimum absolute atomic E-state index is 0.149. The molecule has 0 spiro atoms. The predicted molar refractivity (Wildman–Crippen MR) is 56.2 cm³/mol. The van der Waals surface area contributed by atoms with Gasteiger partial charge in [-0.05, 0) is 32.4 Å². The van der Waals surface area contributed by atoms with Crippen molar-refractivity contribution in [3.05, 3.63) is 23.7 Å². The molecule has 0 aromatic carbocycles. The van der Waals surface area contributed by atoms with Crippen molar-refractivity contribution in [1.29, 1.82) is 0 Å². The van der Waals surface area contributed by atoms with E-state index in [9.17, 15) is 0 Å². The molecule has 0 bridgehead atoms. The van der Waals surface area contributed by atoms with Crippen LogP contribution in [0.3, 0.4) is 0 Å². The summed E-state index contributed by atoms with van der Waals surface area (Å²) in [6, 6.07) is 4.22. The van der Waals surface area contributed by atoms with Crippen molar-refractivity contribution >= 4 is 0 Å². The number of rotatable bonds is 5. The van der Waals surface area contributed by atoms with Crippen molar-refractivity contribution in [3.63, 3.8) is 0 Å². The van der Waals surface area contributed by atoms with Crippen molar-refractivity contribution in [2.75, 3.05) is 6.61 Å². The molecule has 0 aliphatic rings. The molecule has 0 unspecified atom stereocenters. The highest BCUT2D eigenvalue weighted by molar-refractivity contribution is 5.09. The fraction of sp³-hybridized carbons (Fsp3) is 0.636. The number of aliphatic hydroxyl groups is 1. The van der Waals surface area contributed by atoms with Gasteiger partial charge in [-0.3, -0.25) is 0 Å². The zero-order chi connectivity index (χ0) is 10.6. The van der Waals surface area contributed by atoms with E-state index in [0.29, 0.717) is 0 Å². The predicted octanol–water partition coefficient (Wildman–Crippen LogP) is 2.01. The summed E-state index contributed by atoms with van der Waals surface area (Å²) in [7, 11) is 0. The van der Waals surface area contributed by atoms with E-state index < -0.39 is 0 Å². The smallest absolute Gasteiger partial charge is 0.120 e. The fourth-order valence-electron chi connectivity index (χ4n) is 1.42. The van der Waals surface area contributed by atoms with Crippen LogP contribution in [0.1, 0.15) is 37.8 Å². The van der Waals surface area contributed by atoms with Gasteiger partial charge < -0.3 is 14.8 Å². The van der Waals surface area contributed by atoms with E-state index in [-0.39, 0.29) is 18.7 Å². The Morgan fingerprint density at radius 2 is 2.21 bits per heavy atom. The summed E-state index contributed by atoms with van der Waals surface area (Å²) in [5, 5.41) is 12.3. The fourth-order valence-corrected chi connectivity index (χ4v) is 1.42. The molecule has 0 amide bonds. The quantitative estimate of drug-likeness (QED) is 0.759. The number of aliphatic hydroxyl groups excluding tert-OH is 1. The van der Waals surface area contributed by atoms with E-state index in [4.69, 9.17) is 9.52 Å². The largest absolute Gasteiger partial charge is 0.465 e. The zero-order valence-electron chi connectivity index (χ0n) is 9.08. The van der Waals surface area contributed by atoms with E-state index >= 15 is 0 Å². The minimum atomic E-state index is 0.149. The van der Waals surface area contributed by atoms with Crippen LogP contribution in [0.15, 0.2) is 16.5 Å². The number of aryl methyl sites for hydroxylation is 1. The first kappa shape index (κ1) is 11.3. The number of furan rings is 1. The second-order valence-corrected chi connectivity index (χ2v) is 3.62. The Bertz CT molecular complexity index is 266. The van der Waals surface area contributed by atoms with Gasteiger partial charge in [0.1, 0.15) is 11.5 Å². The Kier molecular flexibility index (Phi) is 4.17. The van der Waals surface area contributed by atoms with Crippen LogP contribution in [0, 0.1) is 6.92 Å². The molecule has 3 heteroatoms. The highest BCUT2D eigenvalue weighted by Gasteiger charge is 2.13. The van der Waals surface area contributed by atoms with E-state index in [1.54, 1.807) is 0 Å². The average Bonchev–Trinajstić information content (AvgIpc) is 2.61. The molecule has 1 aromatic heterocycles. The summed E-state index contributed by atoms with van der Waals surface area (Å²) >= 11 is 0. The maximum absolute atomic E-state index is 9.03. The molecule has 0 aliphatic heterocycles. The molecule has 14 heavy (non-hydrogen) atoms. The first-order chi connectivity index (χ1) is 6.67. The summed E-state index contributed by atoms with van der Waals surface area (Å²) in [6.45, 7) is 6.19. The zero-order valence-corrected chi connectivity index (χ0v) is 9.08. The van der Waals surface area contributed by atoms with Gasteiger partial charge in [0, 0.05) is 6.04 Å². The maximum Gasteiger partial charge on any atom is 0.120 e. The molecule has 0 fully saturated rings. The molecule has 3 nitrogen and oxygen atoms in total. The van der Waals surface area contributed by atoms with E-state index in [1.165, 1.54) is 0 Å². The lowest BCUT2D eigenvalue weighted by Gasteiger charge is -2.18. The topological polar surface area (TPSA) is 45.4 Å². The van der Waals surface area contributed by atoms with Crippen LogP contribution in [0.5, 0.6) is 0 Å². The molecule has 0 saturated heterocycles. The molecule has 1 aromatic rings. The number of nitrogens with one attached hydrogen (secondary N) is 1. The Hall–Kier alpha value is -0.800. The SMILES string of the molecule is CC[C@H](CO)N[C@H](C)c1ccc(C)o1. The average molecular weight is 197 g/mol. The highest BCUT2D eigenvalue weighted by atomic mass is 16.3. The van der Waals surface area contributed by atoms with E-state index in [2.05, 4.69) is 5.32 Å². The summed E-state index contributed by atoms with van der Waals surface area (Å²) in [6.07, 6.45) is 0.917. The molecule has 0 saturated carbocycles. The van der Waals surface area contributed by atoms with Crippen LogP contribution in [0.2, 0.25) is 0 Å². The second kappa shape index (κ2) is 5.17. The highest BCUT2D eigenvalue weighted by Crippen LogP contribution is 2.16. The number of hydrogen-bond acceptors (Lipinski definition) is 3. The van der Waals surface area contributed by atoms with Gasteiger partial charge in [0.2, 0.25) is 0 Å². The number of hydrogen-bond donors (Lipinski definition) is 2. The van der Waals surface area contributed by atoms with Crippen molar-refractivity contribution in [1.82, 2.24) is 5.32 Å². The first-order valence-electron chi connectivity index (χ1n) is 5.10. The molecular weight excluding hydrogens is 178 g/mol. The van der Waals surface area contributed by atoms with Gasteiger partial charge in [0.25, 0.3) is 0 Å². The lowest BCUT2D eigenvalue weighted by atomic mass is 10.2. The van der Waals surface area contributed by atoms with Gasteiger partial charge in [0.15, 0.2) is 0 Å². The maximum atomic E-state index is 9.03. The third-order valence-electron chi connectivity index (χ3n) is 2.39. The van der Waals surface area contributed by atoms with Gasteiger partial charge in [-0.2, -0.15) is 0 Å². The molecule has 1 heterocycles. The minimum Gasteiger partial charge on any atom is -0.465 e. The van der Waals surface area contributed by atoms with Crippen LogP contribution >= 0.6 is 0 Å². The standard InChI is InChI=1S/C11H19NO2/c1-4-10(7-13)12-9(3)11-6-5-8(2)14-11/h5-6,9-10,12-13H,4,7H2,1-3H3/t9-,10-/m1/s1. The summed E-state index contributed by atoms with van der Waals surface area (Å²) in [5.74, 6) is 1.85. The summed E-state index contributed by atoms with van der Waals surface area (Å²) in [4.78, 5) is 0. The molecule has 2 N–H and O–H groups in total. The van der Waals surface area contributed by atoms with E-state index in [0.717, 1.165) is 17.9 Å². The molecule has 2 atom stereocenters.